The molecule has 1 unspecified atom stereocenters. The average molecular weight is 285 g/mol. The molecule has 0 bridgehead atoms. The van der Waals surface area contributed by atoms with Crippen molar-refractivity contribution in [3.8, 4) is 5.69 Å². The Morgan fingerprint density at radius 1 is 1.05 bits per heavy atom. The van der Waals surface area contributed by atoms with Gasteiger partial charge in [0, 0.05) is 6.20 Å². The minimum atomic E-state index is 0.364. The molecule has 114 valence electrons. The molecule has 0 fully saturated rings. The van der Waals surface area contributed by atoms with Crippen LogP contribution in [0.25, 0.3) is 5.69 Å². The van der Waals surface area contributed by atoms with E-state index in [9.17, 15) is 0 Å². The molecule has 3 heteroatoms. The van der Waals surface area contributed by atoms with Crippen LogP contribution in [0.3, 0.4) is 0 Å². The summed E-state index contributed by atoms with van der Waals surface area (Å²) in [6, 6.07) is 12.9. The average Bonchev–Trinajstić information content (AvgIpc) is 3.01. The molecule has 0 saturated carbocycles. The molecule has 0 spiro atoms. The molecule has 1 atom stereocenters. The molecule has 2 rings (SSSR count). The molecular formula is C18H27N3. The summed E-state index contributed by atoms with van der Waals surface area (Å²) >= 11 is 0. The van der Waals surface area contributed by atoms with Gasteiger partial charge in [0.1, 0.15) is 0 Å². The predicted molar refractivity (Wildman–Crippen MR) is 88.7 cm³/mol. The lowest BCUT2D eigenvalue weighted by Gasteiger charge is -2.27. The lowest BCUT2D eigenvalue weighted by atomic mass is 9.91. The van der Waals surface area contributed by atoms with Crippen molar-refractivity contribution in [2.24, 2.45) is 5.92 Å². The zero-order chi connectivity index (χ0) is 15.1. The smallest absolute Gasteiger partial charge is 0.0649 e. The summed E-state index contributed by atoms with van der Waals surface area (Å²) in [5.74, 6) is 0.635. The molecule has 1 N–H and O–H groups in total. The van der Waals surface area contributed by atoms with Crippen molar-refractivity contribution >= 4 is 0 Å². The van der Waals surface area contributed by atoms with Crippen molar-refractivity contribution in [3.05, 3.63) is 48.3 Å². The van der Waals surface area contributed by atoms with E-state index >= 15 is 0 Å². The molecule has 2 aromatic rings. The maximum absolute atomic E-state index is 4.54. The van der Waals surface area contributed by atoms with E-state index in [1.807, 2.05) is 12.3 Å². The number of aromatic nitrogens is 2. The van der Waals surface area contributed by atoms with Crippen LogP contribution in [0.5, 0.6) is 0 Å². The fraction of sp³-hybridized carbons (Fsp3) is 0.500. The molecule has 0 saturated heterocycles. The summed E-state index contributed by atoms with van der Waals surface area (Å²) in [6.45, 7) is 7.81. The van der Waals surface area contributed by atoms with Gasteiger partial charge >= 0.3 is 0 Å². The Labute approximate surface area is 128 Å². The molecule has 0 amide bonds. The summed E-state index contributed by atoms with van der Waals surface area (Å²) in [4.78, 5) is 0. The highest BCUT2D eigenvalue weighted by molar-refractivity contribution is 5.33. The van der Waals surface area contributed by atoms with Gasteiger partial charge in [-0.2, -0.15) is 5.10 Å². The Balaban J connectivity index is 2.34. The molecule has 0 aliphatic carbocycles. The predicted octanol–water partition coefficient (Wildman–Crippen LogP) is 4.35. The first-order chi connectivity index (χ1) is 10.3. The van der Waals surface area contributed by atoms with Gasteiger partial charge in [0.25, 0.3) is 0 Å². The van der Waals surface area contributed by atoms with Crippen molar-refractivity contribution < 1.29 is 0 Å². The van der Waals surface area contributed by atoms with Crippen molar-refractivity contribution in [1.29, 1.82) is 0 Å². The summed E-state index contributed by atoms with van der Waals surface area (Å²) in [6.07, 6.45) is 5.41. The van der Waals surface area contributed by atoms with E-state index in [0.717, 1.165) is 18.7 Å². The highest BCUT2D eigenvalue weighted by Gasteiger charge is 2.23. The Kier molecular flexibility index (Phi) is 6.00. The van der Waals surface area contributed by atoms with E-state index in [0.29, 0.717) is 12.0 Å². The monoisotopic (exact) mass is 285 g/mol. The van der Waals surface area contributed by atoms with Crippen LogP contribution in [0.15, 0.2) is 42.6 Å². The van der Waals surface area contributed by atoms with Gasteiger partial charge in [0.15, 0.2) is 0 Å². The van der Waals surface area contributed by atoms with Gasteiger partial charge in [-0.25, -0.2) is 4.68 Å². The van der Waals surface area contributed by atoms with E-state index in [1.54, 1.807) is 0 Å². The number of nitrogens with one attached hydrogen (secondary N) is 1. The van der Waals surface area contributed by atoms with Crippen molar-refractivity contribution in [3.63, 3.8) is 0 Å². The van der Waals surface area contributed by atoms with Gasteiger partial charge in [0.2, 0.25) is 0 Å². The van der Waals surface area contributed by atoms with Crippen molar-refractivity contribution in [1.82, 2.24) is 15.1 Å². The molecule has 0 aliphatic rings. The van der Waals surface area contributed by atoms with E-state index in [-0.39, 0.29) is 0 Å². The number of hydrogen-bond acceptors (Lipinski definition) is 2. The molecule has 0 aliphatic heterocycles. The number of rotatable bonds is 8. The zero-order valence-electron chi connectivity index (χ0n) is 13.4. The maximum Gasteiger partial charge on any atom is 0.0649 e. The first-order valence-corrected chi connectivity index (χ1v) is 8.14. The third-order valence-corrected chi connectivity index (χ3v) is 4.13. The maximum atomic E-state index is 4.54. The van der Waals surface area contributed by atoms with Crippen LogP contribution in [-0.4, -0.2) is 16.3 Å². The lowest BCUT2D eigenvalue weighted by molar-refractivity contribution is 0.330. The highest BCUT2D eigenvalue weighted by Crippen LogP contribution is 2.28. The van der Waals surface area contributed by atoms with Gasteiger partial charge in [-0.1, -0.05) is 51.8 Å². The van der Waals surface area contributed by atoms with E-state index in [2.05, 4.69) is 66.2 Å². The molecular weight excluding hydrogens is 258 g/mol. The molecule has 1 aromatic carbocycles. The second-order valence-corrected chi connectivity index (χ2v) is 5.51. The second kappa shape index (κ2) is 7.99. The first kappa shape index (κ1) is 15.8. The van der Waals surface area contributed by atoms with Gasteiger partial charge in [-0.3, -0.25) is 0 Å². The molecule has 1 heterocycles. The third kappa shape index (κ3) is 3.73. The van der Waals surface area contributed by atoms with E-state index in [1.165, 1.54) is 18.5 Å². The topological polar surface area (TPSA) is 29.9 Å². The number of hydrogen-bond donors (Lipinski definition) is 1. The van der Waals surface area contributed by atoms with E-state index in [4.69, 9.17) is 0 Å². The van der Waals surface area contributed by atoms with Crippen LogP contribution in [-0.2, 0) is 0 Å². The largest absolute Gasteiger partial charge is 0.308 e. The fourth-order valence-electron chi connectivity index (χ4n) is 2.91. The highest BCUT2D eigenvalue weighted by atomic mass is 15.3. The minimum Gasteiger partial charge on any atom is -0.308 e. The van der Waals surface area contributed by atoms with Crippen LogP contribution in [0, 0.1) is 5.92 Å². The first-order valence-electron chi connectivity index (χ1n) is 8.14. The van der Waals surface area contributed by atoms with Crippen molar-refractivity contribution in [2.45, 2.75) is 46.1 Å². The number of nitrogens with zero attached hydrogens (tertiary/aromatic N) is 2. The Bertz CT molecular complexity index is 514. The third-order valence-electron chi connectivity index (χ3n) is 4.13. The SMILES string of the molecule is CCCNC(c1ccnn1-c1ccccc1)C(CC)CC. The Hall–Kier alpha value is -1.61. The Morgan fingerprint density at radius 3 is 2.38 bits per heavy atom. The quantitative estimate of drug-likeness (QED) is 0.781. The van der Waals surface area contributed by atoms with Crippen LogP contribution in [0.4, 0.5) is 0 Å². The lowest BCUT2D eigenvalue weighted by Crippen LogP contribution is -2.30. The van der Waals surface area contributed by atoms with Crippen LogP contribution < -0.4 is 5.32 Å². The number of benzene rings is 1. The summed E-state index contributed by atoms with van der Waals surface area (Å²) in [5, 5.41) is 8.27. The standard InChI is InChI=1S/C18H27N3/c1-4-13-19-18(15(5-2)6-3)17-12-14-20-21(17)16-10-8-7-9-11-16/h7-12,14-15,18-19H,4-6,13H2,1-3H3. The normalized spacial score (nSPS) is 12.8. The van der Waals surface area contributed by atoms with Crippen molar-refractivity contribution in [2.75, 3.05) is 6.54 Å². The zero-order valence-corrected chi connectivity index (χ0v) is 13.4. The van der Waals surface area contributed by atoms with E-state index < -0.39 is 0 Å². The van der Waals surface area contributed by atoms with Crippen LogP contribution in [0.2, 0.25) is 0 Å². The molecule has 3 nitrogen and oxygen atoms in total. The fourth-order valence-corrected chi connectivity index (χ4v) is 2.91. The van der Waals surface area contributed by atoms with Crippen LogP contribution in [0.1, 0.15) is 51.8 Å². The number of para-hydroxylation sites is 1. The summed E-state index contributed by atoms with van der Waals surface area (Å²) in [5.41, 5.74) is 2.40. The van der Waals surface area contributed by atoms with Gasteiger partial charge in [-0.15, -0.1) is 0 Å². The summed E-state index contributed by atoms with van der Waals surface area (Å²) < 4.78 is 2.08. The summed E-state index contributed by atoms with van der Waals surface area (Å²) in [7, 11) is 0. The minimum absolute atomic E-state index is 0.364. The van der Waals surface area contributed by atoms with Gasteiger partial charge in [-0.05, 0) is 37.1 Å². The van der Waals surface area contributed by atoms with Crippen LogP contribution >= 0.6 is 0 Å². The molecule has 1 aromatic heterocycles. The van der Waals surface area contributed by atoms with Gasteiger partial charge in [0.05, 0.1) is 17.4 Å². The molecule has 21 heavy (non-hydrogen) atoms. The van der Waals surface area contributed by atoms with Gasteiger partial charge < -0.3 is 5.32 Å². The Morgan fingerprint density at radius 2 is 1.76 bits per heavy atom. The second-order valence-electron chi connectivity index (χ2n) is 5.51. The molecule has 0 radical (unpaired) electrons.